The average molecular weight is 275 g/mol. The van der Waals surface area contributed by atoms with Crippen LogP contribution in [0.25, 0.3) is 0 Å². The van der Waals surface area contributed by atoms with E-state index in [9.17, 15) is 9.90 Å². The summed E-state index contributed by atoms with van der Waals surface area (Å²) >= 11 is 0. The van der Waals surface area contributed by atoms with E-state index in [0.29, 0.717) is 42.7 Å². The maximum absolute atomic E-state index is 11.9. The van der Waals surface area contributed by atoms with Crippen molar-refractivity contribution in [1.29, 1.82) is 0 Å². The highest BCUT2D eigenvalue weighted by atomic mass is 16.5. The summed E-state index contributed by atoms with van der Waals surface area (Å²) in [6.45, 7) is 4.36. The van der Waals surface area contributed by atoms with Crippen molar-refractivity contribution < 1.29 is 14.6 Å². The number of nitrogens with two attached hydrogens (primary N) is 1. The Kier molecular flexibility index (Phi) is 4.14. The van der Waals surface area contributed by atoms with Gasteiger partial charge in [-0.05, 0) is 37.8 Å². The Morgan fingerprint density at radius 2 is 2.15 bits per heavy atom. The molecule has 2 rings (SSSR count). The lowest BCUT2D eigenvalue weighted by molar-refractivity contribution is 0.0992. The van der Waals surface area contributed by atoms with E-state index in [1.54, 1.807) is 7.11 Å². The summed E-state index contributed by atoms with van der Waals surface area (Å²) in [7, 11) is 1.59. The van der Waals surface area contributed by atoms with Crippen LogP contribution in [-0.4, -0.2) is 24.5 Å². The number of ether oxygens (including phenoxy) is 1. The lowest BCUT2D eigenvalue weighted by Crippen LogP contribution is -2.04. The molecule has 0 amide bonds. The van der Waals surface area contributed by atoms with Gasteiger partial charge in [-0.25, -0.2) is 0 Å². The van der Waals surface area contributed by atoms with E-state index in [1.165, 1.54) is 0 Å². The van der Waals surface area contributed by atoms with Gasteiger partial charge in [0.05, 0.1) is 12.7 Å². The molecule has 0 atom stereocenters. The fourth-order valence-electron chi connectivity index (χ4n) is 2.75. The molecule has 0 radical (unpaired) electrons. The molecule has 0 unspecified atom stereocenters. The van der Waals surface area contributed by atoms with E-state index in [4.69, 9.17) is 10.5 Å². The molecule has 4 nitrogen and oxygen atoms in total. The first-order valence-electron chi connectivity index (χ1n) is 6.81. The molecule has 0 aliphatic heterocycles. The first-order chi connectivity index (χ1) is 9.51. The van der Waals surface area contributed by atoms with Crippen molar-refractivity contribution in [2.45, 2.75) is 33.1 Å². The smallest absolute Gasteiger partial charge is 0.167 e. The van der Waals surface area contributed by atoms with Crippen LogP contribution < -0.4 is 10.5 Å². The van der Waals surface area contributed by atoms with E-state index in [2.05, 4.69) is 0 Å². The summed E-state index contributed by atoms with van der Waals surface area (Å²) in [4.78, 5) is 11.9. The molecule has 1 aliphatic rings. The summed E-state index contributed by atoms with van der Waals surface area (Å²) in [5.74, 6) is 0.770. The standard InChI is InChI=1S/C16H21NO3/c1-9(8-17)4-5-12-15(19)14-11(6-7-13(14)18)10(2)16(12)20-3/h4,19H,5-8,17H2,1-3H3/b9-4+. The van der Waals surface area contributed by atoms with E-state index in [-0.39, 0.29) is 11.5 Å². The Bertz CT molecular complexity index is 588. The number of hydrogen-bond donors (Lipinski definition) is 2. The van der Waals surface area contributed by atoms with Crippen molar-refractivity contribution in [3.8, 4) is 11.5 Å². The minimum Gasteiger partial charge on any atom is -0.507 e. The number of carbonyl (C=O) groups excluding carboxylic acids is 1. The first-order valence-corrected chi connectivity index (χ1v) is 6.81. The predicted octanol–water partition coefficient (Wildman–Crippen LogP) is 2.29. The molecule has 1 aliphatic carbocycles. The summed E-state index contributed by atoms with van der Waals surface area (Å²) in [6, 6.07) is 0. The van der Waals surface area contributed by atoms with Crippen LogP contribution in [0.1, 0.15) is 40.4 Å². The number of carbonyl (C=O) groups is 1. The molecule has 1 aromatic rings. The third kappa shape index (κ3) is 2.31. The Hall–Kier alpha value is -1.81. The zero-order valence-electron chi connectivity index (χ0n) is 12.2. The number of hydrogen-bond acceptors (Lipinski definition) is 4. The number of phenolic OH excluding ortho intramolecular Hbond substituents is 1. The number of aromatic hydroxyl groups is 1. The highest BCUT2D eigenvalue weighted by molar-refractivity contribution is 6.04. The highest BCUT2D eigenvalue weighted by Crippen LogP contribution is 2.42. The quantitative estimate of drug-likeness (QED) is 0.827. The van der Waals surface area contributed by atoms with Gasteiger partial charge in [0.2, 0.25) is 0 Å². The van der Waals surface area contributed by atoms with Gasteiger partial charge >= 0.3 is 0 Å². The second-order valence-corrected chi connectivity index (χ2v) is 5.22. The molecule has 0 saturated carbocycles. The second-order valence-electron chi connectivity index (χ2n) is 5.22. The molecule has 1 aromatic carbocycles. The van der Waals surface area contributed by atoms with Gasteiger partial charge < -0.3 is 15.6 Å². The lowest BCUT2D eigenvalue weighted by atomic mass is 9.95. The first kappa shape index (κ1) is 14.6. The van der Waals surface area contributed by atoms with Gasteiger partial charge in [-0.2, -0.15) is 0 Å². The Morgan fingerprint density at radius 3 is 2.75 bits per heavy atom. The minimum absolute atomic E-state index is 0.0176. The molecular weight excluding hydrogens is 254 g/mol. The maximum Gasteiger partial charge on any atom is 0.167 e. The summed E-state index contributed by atoms with van der Waals surface area (Å²) < 4.78 is 5.45. The van der Waals surface area contributed by atoms with Crippen LogP contribution >= 0.6 is 0 Å². The van der Waals surface area contributed by atoms with E-state index < -0.39 is 0 Å². The molecule has 0 aromatic heterocycles. The van der Waals surface area contributed by atoms with Gasteiger partial charge in [-0.3, -0.25) is 4.79 Å². The second kappa shape index (κ2) is 5.67. The number of benzene rings is 1. The van der Waals surface area contributed by atoms with Gasteiger partial charge in [0.15, 0.2) is 5.78 Å². The maximum atomic E-state index is 11.9. The third-order valence-corrected chi connectivity index (χ3v) is 3.95. The molecule has 0 fully saturated rings. The van der Waals surface area contributed by atoms with Crippen molar-refractivity contribution in [1.82, 2.24) is 0 Å². The van der Waals surface area contributed by atoms with E-state index in [0.717, 1.165) is 16.7 Å². The van der Waals surface area contributed by atoms with Crippen molar-refractivity contribution in [2.75, 3.05) is 13.7 Å². The van der Waals surface area contributed by atoms with Crippen molar-refractivity contribution >= 4 is 5.78 Å². The highest BCUT2D eigenvalue weighted by Gasteiger charge is 2.30. The van der Waals surface area contributed by atoms with Gasteiger partial charge in [0, 0.05) is 18.5 Å². The largest absolute Gasteiger partial charge is 0.507 e. The number of rotatable bonds is 4. The molecule has 0 bridgehead atoms. The van der Waals surface area contributed by atoms with Crippen LogP contribution in [0.4, 0.5) is 0 Å². The Morgan fingerprint density at radius 1 is 1.45 bits per heavy atom. The summed E-state index contributed by atoms with van der Waals surface area (Å²) in [5, 5.41) is 10.4. The van der Waals surface area contributed by atoms with Gasteiger partial charge in [0.1, 0.15) is 11.5 Å². The molecule has 0 saturated heterocycles. The number of methoxy groups -OCH3 is 1. The number of ketones is 1. The molecule has 0 heterocycles. The zero-order valence-corrected chi connectivity index (χ0v) is 12.2. The normalized spacial score (nSPS) is 14.6. The van der Waals surface area contributed by atoms with Crippen LogP contribution in [0, 0.1) is 6.92 Å². The van der Waals surface area contributed by atoms with Crippen LogP contribution in [0.3, 0.4) is 0 Å². The SMILES string of the molecule is COc1c(C)c2c(c(O)c1C/C=C(\C)CN)C(=O)CC2. The van der Waals surface area contributed by atoms with Crippen LogP contribution in [0.2, 0.25) is 0 Å². The van der Waals surface area contributed by atoms with E-state index in [1.807, 2.05) is 19.9 Å². The van der Waals surface area contributed by atoms with Crippen LogP contribution in [0.15, 0.2) is 11.6 Å². The van der Waals surface area contributed by atoms with Crippen molar-refractivity contribution in [3.05, 3.63) is 33.9 Å². The number of fused-ring (bicyclic) bond motifs is 1. The number of phenols is 1. The molecule has 3 N–H and O–H groups in total. The van der Waals surface area contributed by atoms with Crippen LogP contribution in [-0.2, 0) is 12.8 Å². The minimum atomic E-state index is 0.0176. The lowest BCUT2D eigenvalue weighted by Gasteiger charge is -2.17. The molecular formula is C16H21NO3. The van der Waals surface area contributed by atoms with Gasteiger partial charge in [-0.15, -0.1) is 0 Å². The third-order valence-electron chi connectivity index (χ3n) is 3.95. The molecule has 0 spiro atoms. The van der Waals surface area contributed by atoms with Crippen molar-refractivity contribution in [2.24, 2.45) is 5.73 Å². The topological polar surface area (TPSA) is 72.6 Å². The average Bonchev–Trinajstić information content (AvgIpc) is 2.83. The summed E-state index contributed by atoms with van der Waals surface area (Å²) in [5.41, 5.74) is 9.65. The van der Waals surface area contributed by atoms with Crippen molar-refractivity contribution in [3.63, 3.8) is 0 Å². The van der Waals surface area contributed by atoms with Gasteiger partial charge in [-0.1, -0.05) is 11.6 Å². The molecule has 108 valence electrons. The summed E-state index contributed by atoms with van der Waals surface area (Å²) in [6.07, 6.45) is 3.62. The monoisotopic (exact) mass is 275 g/mol. The Labute approximate surface area is 119 Å². The number of allylic oxidation sites excluding steroid dienone is 1. The zero-order chi connectivity index (χ0) is 14.9. The fourth-order valence-corrected chi connectivity index (χ4v) is 2.75. The van der Waals surface area contributed by atoms with Crippen LogP contribution in [0.5, 0.6) is 11.5 Å². The van der Waals surface area contributed by atoms with E-state index >= 15 is 0 Å². The predicted molar refractivity (Wildman–Crippen MR) is 78.6 cm³/mol. The fraction of sp³-hybridized carbons (Fsp3) is 0.438. The number of Topliss-reactive ketones (excluding diaryl/α,β-unsaturated/α-hetero) is 1. The molecule has 20 heavy (non-hydrogen) atoms. The molecule has 4 heteroatoms. The Balaban J connectivity index is 2.58. The van der Waals surface area contributed by atoms with Gasteiger partial charge in [0.25, 0.3) is 0 Å².